The van der Waals surface area contributed by atoms with Crippen LogP contribution in [0.25, 0.3) is 10.9 Å². The van der Waals surface area contributed by atoms with Gasteiger partial charge in [-0.1, -0.05) is 0 Å². The fraction of sp³-hybridized carbons (Fsp3) is 0.409. The first kappa shape index (κ1) is 22.0. The number of nitrogens with one attached hydrogen (secondary N) is 3. The number of nitrogens with zero attached hydrogens (tertiary/aromatic N) is 3. The summed E-state index contributed by atoms with van der Waals surface area (Å²) < 4.78 is 28.2. The number of benzene rings is 1. The molecule has 3 heterocycles. The number of H-pyrrole nitrogens is 1. The molecule has 1 aliphatic rings. The molecule has 2 aromatic heterocycles. The Morgan fingerprint density at radius 2 is 2.12 bits per heavy atom. The molecule has 0 aliphatic carbocycles. The normalized spacial score (nSPS) is 20.7. The minimum Gasteiger partial charge on any atom is -0.379 e. The number of rotatable bonds is 6. The lowest BCUT2D eigenvalue weighted by molar-refractivity contribution is -0.00174. The highest BCUT2D eigenvalue weighted by molar-refractivity contribution is 7.93. The van der Waals surface area contributed by atoms with Crippen LogP contribution in [0.5, 0.6) is 0 Å². The van der Waals surface area contributed by atoms with Crippen LogP contribution in [-0.4, -0.2) is 37.4 Å². The molecule has 3 N–H and O–H groups in total. The van der Waals surface area contributed by atoms with Crippen molar-refractivity contribution in [3.05, 3.63) is 46.9 Å². The van der Waals surface area contributed by atoms with E-state index in [0.29, 0.717) is 40.5 Å². The highest BCUT2D eigenvalue weighted by Gasteiger charge is 2.38. The summed E-state index contributed by atoms with van der Waals surface area (Å²) in [5, 5.41) is 17.5. The molecule has 0 bridgehead atoms. The molecule has 9 nitrogen and oxygen atoms in total. The minimum absolute atomic E-state index is 0.220. The van der Waals surface area contributed by atoms with Gasteiger partial charge in [0.2, 0.25) is 0 Å². The second-order valence-electron chi connectivity index (χ2n) is 8.34. The maximum Gasteiger partial charge on any atom is 0.261 e. The van der Waals surface area contributed by atoms with E-state index in [0.717, 1.165) is 12.8 Å². The predicted octanol–water partition coefficient (Wildman–Crippen LogP) is 3.70. The predicted molar refractivity (Wildman–Crippen MR) is 123 cm³/mol. The average Bonchev–Trinajstić information content (AvgIpc) is 3.15. The van der Waals surface area contributed by atoms with Gasteiger partial charge in [0.05, 0.1) is 39.9 Å². The summed E-state index contributed by atoms with van der Waals surface area (Å²) in [6, 6.07) is 10.8. The topological polar surface area (TPSA) is 137 Å². The van der Waals surface area contributed by atoms with Gasteiger partial charge in [0.15, 0.2) is 5.82 Å². The molecule has 0 radical (unpaired) electrons. The molecule has 1 saturated heterocycles. The number of aromatic amines is 1. The van der Waals surface area contributed by atoms with E-state index in [-0.39, 0.29) is 17.2 Å². The third kappa shape index (κ3) is 3.78. The molecule has 0 spiro atoms. The van der Waals surface area contributed by atoms with Crippen LogP contribution in [0.3, 0.4) is 0 Å². The summed E-state index contributed by atoms with van der Waals surface area (Å²) in [6.45, 7) is 4.52. The van der Waals surface area contributed by atoms with E-state index < -0.39 is 15.3 Å². The molecule has 10 heteroatoms. The number of nitriles is 1. The summed E-state index contributed by atoms with van der Waals surface area (Å²) >= 11 is 0. The molecule has 32 heavy (non-hydrogen) atoms. The fourth-order valence-electron chi connectivity index (χ4n) is 4.04. The van der Waals surface area contributed by atoms with Crippen LogP contribution in [0, 0.1) is 16.1 Å². The van der Waals surface area contributed by atoms with Crippen molar-refractivity contribution in [3.63, 3.8) is 0 Å². The van der Waals surface area contributed by atoms with E-state index in [9.17, 15) is 14.3 Å². The van der Waals surface area contributed by atoms with Gasteiger partial charge < -0.3 is 15.0 Å². The number of anilines is 2. The van der Waals surface area contributed by atoms with E-state index in [2.05, 4.69) is 16.4 Å². The maximum absolute atomic E-state index is 12.7. The summed E-state index contributed by atoms with van der Waals surface area (Å²) in [7, 11) is -2.88. The van der Waals surface area contributed by atoms with Crippen molar-refractivity contribution in [2.45, 2.75) is 48.8 Å². The summed E-state index contributed by atoms with van der Waals surface area (Å²) in [5.74, 6) is 0.368. The molecule has 1 aliphatic heterocycles. The number of hydrogen-bond acceptors (Lipinski definition) is 7. The summed E-state index contributed by atoms with van der Waals surface area (Å²) in [4.78, 5) is 15.9. The minimum atomic E-state index is -2.88. The lowest BCUT2D eigenvalue weighted by atomic mass is 9.89. The first-order valence-electron chi connectivity index (χ1n) is 10.5. The van der Waals surface area contributed by atoms with E-state index in [1.54, 1.807) is 55.1 Å². The zero-order chi connectivity index (χ0) is 22.9. The number of aromatic nitrogens is 3. The van der Waals surface area contributed by atoms with Crippen molar-refractivity contribution in [3.8, 4) is 6.07 Å². The van der Waals surface area contributed by atoms with Gasteiger partial charge in [-0.05, 0) is 57.0 Å². The van der Waals surface area contributed by atoms with Gasteiger partial charge in [-0.2, -0.15) is 10.4 Å². The molecule has 0 saturated carbocycles. The zero-order valence-electron chi connectivity index (χ0n) is 18.1. The van der Waals surface area contributed by atoms with Gasteiger partial charge in [-0.25, -0.2) is 8.99 Å². The smallest absolute Gasteiger partial charge is 0.261 e. The number of fused-ring (bicyclic) bond motifs is 1. The lowest BCUT2D eigenvalue weighted by Gasteiger charge is -2.35. The van der Waals surface area contributed by atoms with Crippen molar-refractivity contribution in [2.24, 2.45) is 0 Å². The van der Waals surface area contributed by atoms with E-state index >= 15 is 0 Å². The van der Waals surface area contributed by atoms with Crippen molar-refractivity contribution in [1.29, 1.82) is 10.0 Å². The molecule has 4 rings (SSSR count). The number of pyridine rings is 1. The molecule has 3 aromatic rings. The molecule has 168 valence electrons. The van der Waals surface area contributed by atoms with Crippen molar-refractivity contribution in [2.75, 3.05) is 18.5 Å². The number of hydrogen-bond donors (Lipinski definition) is 3. The van der Waals surface area contributed by atoms with Crippen LogP contribution in [-0.2, 0) is 20.0 Å². The summed E-state index contributed by atoms with van der Waals surface area (Å²) in [6.07, 6.45) is 3.32. The first-order valence-corrected chi connectivity index (χ1v) is 12.1. The van der Waals surface area contributed by atoms with Gasteiger partial charge in [-0.3, -0.25) is 9.48 Å². The van der Waals surface area contributed by atoms with Crippen LogP contribution < -0.4 is 10.9 Å². The fourth-order valence-corrected chi connectivity index (χ4v) is 5.13. The van der Waals surface area contributed by atoms with Crippen LogP contribution in [0.2, 0.25) is 0 Å². The lowest BCUT2D eigenvalue weighted by Crippen LogP contribution is -2.42. The van der Waals surface area contributed by atoms with Crippen molar-refractivity contribution < 1.29 is 8.95 Å². The Balaban J connectivity index is 1.78. The van der Waals surface area contributed by atoms with Gasteiger partial charge in [-0.15, -0.1) is 0 Å². The molecule has 1 aromatic carbocycles. The van der Waals surface area contributed by atoms with Crippen molar-refractivity contribution >= 4 is 32.1 Å². The Labute approximate surface area is 186 Å². The molecular formula is C22H26N6O3S. The third-order valence-corrected chi connectivity index (χ3v) is 8.19. The van der Waals surface area contributed by atoms with Crippen molar-refractivity contribution in [1.82, 2.24) is 14.8 Å². The maximum atomic E-state index is 12.7. The Morgan fingerprint density at radius 3 is 2.75 bits per heavy atom. The molecule has 2 atom stereocenters. The monoisotopic (exact) mass is 454 g/mol. The van der Waals surface area contributed by atoms with Gasteiger partial charge in [0, 0.05) is 28.6 Å². The van der Waals surface area contributed by atoms with Crippen LogP contribution >= 0.6 is 0 Å². The highest BCUT2D eigenvalue weighted by atomic mass is 32.2. The van der Waals surface area contributed by atoms with E-state index in [1.807, 2.05) is 0 Å². The Morgan fingerprint density at radius 1 is 1.38 bits per heavy atom. The number of ether oxygens (including phenoxy) is 1. The first-order chi connectivity index (χ1) is 15.3. The quantitative estimate of drug-likeness (QED) is 0.519. The largest absolute Gasteiger partial charge is 0.379 e. The standard InChI is InChI=1S/C22H26N6O3S/c1-15(2)32(24,30)17-6-4-16(5-7-17)26-20-19-18(8-12-25-21(19)29)28(27-20)22(10-11-23)9-3-13-31-14-22/h4-8,12,15,24H,3,9-10,13-14H2,1-2H3,(H,25,29)(H,26,27)/t22-,32-/m0/s1. The average molecular weight is 455 g/mol. The molecule has 1 fully saturated rings. The van der Waals surface area contributed by atoms with Gasteiger partial charge >= 0.3 is 0 Å². The van der Waals surface area contributed by atoms with Gasteiger partial charge in [0.25, 0.3) is 5.56 Å². The van der Waals surface area contributed by atoms with Crippen LogP contribution in [0.4, 0.5) is 11.5 Å². The Hall–Kier alpha value is -3.16. The zero-order valence-corrected chi connectivity index (χ0v) is 18.9. The molecule has 0 amide bonds. The second-order valence-corrected chi connectivity index (χ2v) is 11.0. The van der Waals surface area contributed by atoms with Crippen LogP contribution in [0.15, 0.2) is 46.2 Å². The second kappa shape index (κ2) is 8.41. The van der Waals surface area contributed by atoms with Gasteiger partial charge in [0.1, 0.15) is 5.39 Å². The van der Waals surface area contributed by atoms with E-state index in [1.165, 1.54) is 0 Å². The Bertz CT molecular complexity index is 1330. The molecule has 0 unspecified atom stereocenters. The third-order valence-electron chi connectivity index (χ3n) is 5.89. The van der Waals surface area contributed by atoms with Crippen LogP contribution in [0.1, 0.15) is 33.1 Å². The molecular weight excluding hydrogens is 428 g/mol. The van der Waals surface area contributed by atoms with E-state index in [4.69, 9.17) is 14.6 Å². The summed E-state index contributed by atoms with van der Waals surface area (Å²) in [5.41, 5.74) is 0.349. The SMILES string of the molecule is CC(C)[S@](=N)(=O)c1ccc(Nc2nn([C@]3(CC#N)CCCOC3)c3cc[nH]c(=O)c23)cc1. The highest BCUT2D eigenvalue weighted by Crippen LogP contribution is 2.35. The Kier molecular flexibility index (Phi) is 5.79.